The summed E-state index contributed by atoms with van der Waals surface area (Å²) in [5.74, 6) is 0. The Morgan fingerprint density at radius 3 is 2.65 bits per heavy atom. The van der Waals surface area contributed by atoms with Gasteiger partial charge in [0, 0.05) is 13.1 Å². The molecule has 1 aliphatic rings. The zero-order chi connectivity index (χ0) is 13.1. The molecule has 2 N–H and O–H groups in total. The van der Waals surface area contributed by atoms with Crippen molar-refractivity contribution < 1.29 is 9.53 Å². The van der Waals surface area contributed by atoms with Crippen LogP contribution < -0.4 is 5.73 Å². The Hall–Kier alpha value is -1.03. The monoisotopic (exact) mass is 240 g/mol. The molecule has 0 spiro atoms. The van der Waals surface area contributed by atoms with Crippen LogP contribution in [0.3, 0.4) is 0 Å². The summed E-state index contributed by atoms with van der Waals surface area (Å²) < 4.78 is 5.41. The average Bonchev–Trinajstić information content (AvgIpc) is 2.25. The number of nitrogens with two attached hydrogens (primary N) is 1. The molecule has 1 rings (SSSR count). The fraction of sp³-hybridized carbons (Fsp3) is 0.769. The van der Waals surface area contributed by atoms with Gasteiger partial charge in [-0.3, -0.25) is 0 Å². The van der Waals surface area contributed by atoms with E-state index in [0.29, 0.717) is 6.54 Å². The van der Waals surface area contributed by atoms with Crippen molar-refractivity contribution in [1.29, 1.82) is 0 Å². The van der Waals surface area contributed by atoms with Crippen LogP contribution in [-0.4, -0.2) is 35.7 Å². The van der Waals surface area contributed by atoms with E-state index in [1.54, 1.807) is 4.90 Å². The maximum Gasteiger partial charge on any atom is 0.410 e. The van der Waals surface area contributed by atoms with Crippen molar-refractivity contribution in [3.8, 4) is 0 Å². The zero-order valence-corrected chi connectivity index (χ0v) is 11.2. The van der Waals surface area contributed by atoms with Crippen LogP contribution >= 0.6 is 0 Å². The maximum atomic E-state index is 12.1. The summed E-state index contributed by atoms with van der Waals surface area (Å²) in [5.41, 5.74) is 6.07. The van der Waals surface area contributed by atoms with Crippen LogP contribution in [0.2, 0.25) is 0 Å². The van der Waals surface area contributed by atoms with E-state index in [9.17, 15) is 4.79 Å². The van der Waals surface area contributed by atoms with Crippen LogP contribution in [0.4, 0.5) is 4.79 Å². The highest BCUT2D eigenvalue weighted by Crippen LogP contribution is 2.24. The fourth-order valence-electron chi connectivity index (χ4n) is 2.03. The third-order valence-electron chi connectivity index (χ3n) is 2.86. The molecule has 4 nitrogen and oxygen atoms in total. The van der Waals surface area contributed by atoms with Gasteiger partial charge in [0.05, 0.1) is 6.04 Å². The first-order chi connectivity index (χ1) is 7.85. The summed E-state index contributed by atoms with van der Waals surface area (Å²) in [6.45, 7) is 10.7. The lowest BCUT2D eigenvalue weighted by Crippen LogP contribution is -2.47. The first-order valence-electron chi connectivity index (χ1n) is 6.22. The summed E-state index contributed by atoms with van der Waals surface area (Å²) in [5, 5.41) is 0. The SMILES string of the molecule is C=C(CN)C1CCCCN1C(=O)OC(C)(C)C. The number of amides is 1. The Morgan fingerprint density at radius 1 is 1.47 bits per heavy atom. The number of carbonyl (C=O) groups excluding carboxylic acids is 1. The number of ether oxygens (including phenoxy) is 1. The molecule has 1 saturated heterocycles. The minimum Gasteiger partial charge on any atom is -0.444 e. The van der Waals surface area contributed by atoms with E-state index in [1.165, 1.54) is 0 Å². The van der Waals surface area contributed by atoms with Gasteiger partial charge in [0.25, 0.3) is 0 Å². The van der Waals surface area contributed by atoms with Crippen molar-refractivity contribution in [2.45, 2.75) is 51.7 Å². The van der Waals surface area contributed by atoms with Crippen molar-refractivity contribution >= 4 is 6.09 Å². The van der Waals surface area contributed by atoms with Crippen molar-refractivity contribution in [2.24, 2.45) is 5.73 Å². The Balaban J connectivity index is 2.71. The molecule has 0 aromatic carbocycles. The average molecular weight is 240 g/mol. The molecule has 0 bridgehead atoms. The van der Waals surface area contributed by atoms with Gasteiger partial charge in [0.1, 0.15) is 5.60 Å². The number of carbonyl (C=O) groups is 1. The third kappa shape index (κ3) is 4.04. The largest absolute Gasteiger partial charge is 0.444 e. The van der Waals surface area contributed by atoms with Gasteiger partial charge >= 0.3 is 6.09 Å². The molecule has 1 amide bonds. The maximum absolute atomic E-state index is 12.1. The lowest BCUT2D eigenvalue weighted by Gasteiger charge is -2.37. The number of hydrogen-bond donors (Lipinski definition) is 1. The second-order valence-corrected chi connectivity index (χ2v) is 5.55. The molecule has 0 aliphatic carbocycles. The highest BCUT2D eigenvalue weighted by atomic mass is 16.6. The standard InChI is InChI=1S/C13H24N2O2/c1-10(9-14)11-7-5-6-8-15(11)12(16)17-13(2,3)4/h11H,1,5-9,14H2,2-4H3. The number of piperidine rings is 1. The molecular formula is C13H24N2O2. The minimum absolute atomic E-state index is 0.0450. The van der Waals surface area contributed by atoms with E-state index in [1.807, 2.05) is 20.8 Å². The number of nitrogens with zero attached hydrogens (tertiary/aromatic N) is 1. The molecule has 1 aliphatic heterocycles. The lowest BCUT2D eigenvalue weighted by molar-refractivity contribution is 0.0137. The van der Waals surface area contributed by atoms with Crippen LogP contribution in [0.25, 0.3) is 0 Å². The Labute approximate surface area is 104 Å². The molecule has 1 fully saturated rings. The van der Waals surface area contributed by atoms with E-state index in [0.717, 1.165) is 31.4 Å². The van der Waals surface area contributed by atoms with E-state index in [2.05, 4.69) is 6.58 Å². The Morgan fingerprint density at radius 2 is 2.12 bits per heavy atom. The van der Waals surface area contributed by atoms with Crippen LogP contribution in [0, 0.1) is 0 Å². The predicted molar refractivity (Wildman–Crippen MR) is 68.8 cm³/mol. The van der Waals surface area contributed by atoms with Gasteiger partial charge in [0.2, 0.25) is 0 Å². The van der Waals surface area contributed by atoms with Crippen LogP contribution in [-0.2, 0) is 4.74 Å². The minimum atomic E-state index is -0.455. The molecule has 0 aromatic rings. The van der Waals surface area contributed by atoms with E-state index >= 15 is 0 Å². The molecule has 1 atom stereocenters. The van der Waals surface area contributed by atoms with E-state index in [4.69, 9.17) is 10.5 Å². The molecular weight excluding hydrogens is 216 g/mol. The van der Waals surface area contributed by atoms with Gasteiger partial charge in [-0.2, -0.15) is 0 Å². The van der Waals surface area contributed by atoms with Gasteiger partial charge in [0.15, 0.2) is 0 Å². The van der Waals surface area contributed by atoms with Crippen LogP contribution in [0.15, 0.2) is 12.2 Å². The summed E-state index contributed by atoms with van der Waals surface area (Å²) in [4.78, 5) is 13.8. The summed E-state index contributed by atoms with van der Waals surface area (Å²) in [6, 6.07) is 0.0450. The third-order valence-corrected chi connectivity index (χ3v) is 2.86. The molecule has 4 heteroatoms. The van der Waals surface area contributed by atoms with Crippen molar-refractivity contribution in [3.63, 3.8) is 0 Å². The van der Waals surface area contributed by atoms with Crippen LogP contribution in [0.5, 0.6) is 0 Å². The molecule has 98 valence electrons. The zero-order valence-electron chi connectivity index (χ0n) is 11.2. The van der Waals surface area contributed by atoms with Gasteiger partial charge in [-0.15, -0.1) is 0 Å². The highest BCUT2D eigenvalue weighted by Gasteiger charge is 2.31. The Kier molecular flexibility index (Phi) is 4.57. The second kappa shape index (κ2) is 5.54. The number of rotatable bonds is 2. The van der Waals surface area contributed by atoms with Crippen molar-refractivity contribution in [3.05, 3.63) is 12.2 Å². The van der Waals surface area contributed by atoms with Gasteiger partial charge in [-0.1, -0.05) is 6.58 Å². The van der Waals surface area contributed by atoms with Gasteiger partial charge in [-0.05, 0) is 45.6 Å². The smallest absolute Gasteiger partial charge is 0.410 e. The van der Waals surface area contributed by atoms with E-state index < -0.39 is 5.60 Å². The van der Waals surface area contributed by atoms with Gasteiger partial charge in [-0.25, -0.2) is 4.79 Å². The van der Waals surface area contributed by atoms with E-state index in [-0.39, 0.29) is 12.1 Å². The summed E-state index contributed by atoms with van der Waals surface area (Å²) in [7, 11) is 0. The number of likely N-dealkylation sites (tertiary alicyclic amines) is 1. The summed E-state index contributed by atoms with van der Waals surface area (Å²) >= 11 is 0. The molecule has 17 heavy (non-hydrogen) atoms. The van der Waals surface area contributed by atoms with Crippen molar-refractivity contribution in [2.75, 3.05) is 13.1 Å². The first kappa shape index (κ1) is 14.0. The Bertz CT molecular complexity index is 294. The highest BCUT2D eigenvalue weighted by molar-refractivity contribution is 5.69. The lowest BCUT2D eigenvalue weighted by atomic mass is 9.96. The van der Waals surface area contributed by atoms with Crippen molar-refractivity contribution in [1.82, 2.24) is 4.90 Å². The van der Waals surface area contributed by atoms with Crippen LogP contribution in [0.1, 0.15) is 40.0 Å². The molecule has 0 aromatic heterocycles. The number of hydrogen-bond acceptors (Lipinski definition) is 3. The first-order valence-corrected chi connectivity index (χ1v) is 6.22. The molecule has 0 saturated carbocycles. The molecule has 1 unspecified atom stereocenters. The fourth-order valence-corrected chi connectivity index (χ4v) is 2.03. The normalized spacial score (nSPS) is 21.2. The van der Waals surface area contributed by atoms with Gasteiger partial charge < -0.3 is 15.4 Å². The quantitative estimate of drug-likeness (QED) is 0.753. The predicted octanol–water partition coefficient (Wildman–Crippen LogP) is 2.29. The topological polar surface area (TPSA) is 55.6 Å². The second-order valence-electron chi connectivity index (χ2n) is 5.55. The molecule has 0 radical (unpaired) electrons. The summed E-state index contributed by atoms with van der Waals surface area (Å²) in [6.07, 6.45) is 2.82. The molecule has 1 heterocycles.